The number of amides is 2. The largest absolute Gasteiger partial charge is 0.463 e. The molecule has 2 heterocycles. The van der Waals surface area contributed by atoms with Gasteiger partial charge in [-0.1, -0.05) is 18.2 Å². The number of thioether (sulfide) groups is 1. The second-order valence-corrected chi connectivity index (χ2v) is 11.2. The van der Waals surface area contributed by atoms with E-state index < -0.39 is 47.2 Å². The summed E-state index contributed by atoms with van der Waals surface area (Å²) in [5.74, 6) is -1.73. The molecule has 2 aliphatic heterocycles. The predicted octanol–water partition coefficient (Wildman–Crippen LogP) is -0.138. The van der Waals surface area contributed by atoms with Gasteiger partial charge >= 0.3 is 5.97 Å². The number of aryl methyl sites for hydroxylation is 1. The number of thiol groups is 1. The van der Waals surface area contributed by atoms with E-state index in [9.17, 15) is 19.2 Å². The fourth-order valence-corrected chi connectivity index (χ4v) is 6.07. The SMILES string of the molecule is CN[C@]1(C(=O)C(N)CS)CCc2ccccc2N(C(CSC)[C@H](NC(C)=O)C(=O)OCCN2CCOCC2)C1=O. The number of esters is 1. The summed E-state index contributed by atoms with van der Waals surface area (Å²) in [4.78, 5) is 57.7. The monoisotopic (exact) mass is 595 g/mol. The minimum atomic E-state index is -1.64. The summed E-state index contributed by atoms with van der Waals surface area (Å²) in [6, 6.07) is 4.36. The topological polar surface area (TPSA) is 143 Å². The number of nitrogens with zero attached hydrogens (tertiary/aromatic N) is 2. The maximum Gasteiger partial charge on any atom is 0.330 e. The van der Waals surface area contributed by atoms with Gasteiger partial charge in [-0.25, -0.2) is 4.79 Å². The average Bonchev–Trinajstić information content (AvgIpc) is 3.08. The third-order valence-corrected chi connectivity index (χ3v) is 8.48. The smallest absolute Gasteiger partial charge is 0.330 e. The minimum Gasteiger partial charge on any atom is -0.463 e. The quantitative estimate of drug-likeness (QED) is 0.138. The van der Waals surface area contributed by atoms with Crippen molar-refractivity contribution in [3.63, 3.8) is 0 Å². The number of anilines is 1. The number of hydrogen-bond donors (Lipinski definition) is 4. The molecule has 3 rings (SSSR count). The highest BCUT2D eigenvalue weighted by Gasteiger charge is 2.53. The van der Waals surface area contributed by atoms with Crippen LogP contribution in [0.3, 0.4) is 0 Å². The number of nitrogens with one attached hydrogen (secondary N) is 2. The summed E-state index contributed by atoms with van der Waals surface area (Å²) in [6.07, 6.45) is 2.45. The first-order valence-electron chi connectivity index (χ1n) is 13.4. The highest BCUT2D eigenvalue weighted by Crippen LogP contribution is 2.35. The van der Waals surface area contributed by atoms with Crippen molar-refractivity contribution in [3.05, 3.63) is 29.8 Å². The fourth-order valence-electron chi connectivity index (χ4n) is 5.23. The Bertz CT molecular complexity index is 1060. The number of carbonyl (C=O) groups is 4. The molecule has 1 fully saturated rings. The molecule has 2 unspecified atom stereocenters. The number of likely N-dealkylation sites (N-methyl/N-ethyl adjacent to an activating group) is 1. The van der Waals surface area contributed by atoms with Gasteiger partial charge in [0.2, 0.25) is 5.91 Å². The van der Waals surface area contributed by atoms with Gasteiger partial charge in [0.25, 0.3) is 5.91 Å². The third-order valence-electron chi connectivity index (χ3n) is 7.41. The lowest BCUT2D eigenvalue weighted by molar-refractivity contribution is -0.149. The zero-order valence-corrected chi connectivity index (χ0v) is 25.1. The molecule has 4 atom stereocenters. The van der Waals surface area contributed by atoms with Crippen LogP contribution in [0, 0.1) is 0 Å². The first-order chi connectivity index (χ1) is 19.2. The van der Waals surface area contributed by atoms with E-state index in [0.29, 0.717) is 31.9 Å². The number of rotatable bonds is 13. The van der Waals surface area contributed by atoms with E-state index in [4.69, 9.17) is 15.2 Å². The van der Waals surface area contributed by atoms with Crippen molar-refractivity contribution < 1.29 is 28.7 Å². The number of morpholine rings is 1. The van der Waals surface area contributed by atoms with Crippen LogP contribution < -0.4 is 21.3 Å². The van der Waals surface area contributed by atoms with Crippen LogP contribution in [0.15, 0.2) is 24.3 Å². The molecule has 11 nitrogen and oxygen atoms in total. The van der Waals surface area contributed by atoms with Crippen molar-refractivity contribution in [2.24, 2.45) is 5.73 Å². The molecule has 2 aliphatic rings. The van der Waals surface area contributed by atoms with Gasteiger partial charge in [-0.15, -0.1) is 0 Å². The lowest BCUT2D eigenvalue weighted by Crippen LogP contribution is -2.69. The van der Waals surface area contributed by atoms with Gasteiger partial charge in [-0.3, -0.25) is 19.3 Å². The third kappa shape index (κ3) is 7.37. The number of ether oxygens (including phenoxy) is 2. The number of Topliss-reactive ketones (excluding diaryl/α,β-unsaturated/α-hetero) is 1. The second kappa shape index (κ2) is 15.2. The van der Waals surface area contributed by atoms with Gasteiger partial charge in [-0.2, -0.15) is 24.4 Å². The Morgan fingerprint density at radius 2 is 1.95 bits per heavy atom. The van der Waals surface area contributed by atoms with Gasteiger partial charge in [0, 0.05) is 43.8 Å². The zero-order valence-electron chi connectivity index (χ0n) is 23.4. The van der Waals surface area contributed by atoms with E-state index >= 15 is 0 Å². The van der Waals surface area contributed by atoms with Crippen molar-refractivity contribution in [3.8, 4) is 0 Å². The van der Waals surface area contributed by atoms with E-state index in [1.807, 2.05) is 18.4 Å². The van der Waals surface area contributed by atoms with E-state index in [1.165, 1.54) is 23.6 Å². The molecule has 4 N–H and O–H groups in total. The molecule has 13 heteroatoms. The van der Waals surface area contributed by atoms with Crippen LogP contribution in [0.25, 0.3) is 0 Å². The van der Waals surface area contributed by atoms with E-state index in [1.54, 1.807) is 19.2 Å². The summed E-state index contributed by atoms with van der Waals surface area (Å²) in [7, 11) is 1.56. The molecule has 0 radical (unpaired) electrons. The number of para-hydroxylation sites is 1. The number of nitrogens with two attached hydrogens (primary N) is 1. The molecular formula is C27H41N5O6S2. The van der Waals surface area contributed by atoms with Crippen molar-refractivity contribution in [1.29, 1.82) is 0 Å². The molecule has 0 aromatic heterocycles. The summed E-state index contributed by atoms with van der Waals surface area (Å²) in [5.41, 5.74) is 5.89. The van der Waals surface area contributed by atoms with E-state index in [0.717, 1.165) is 18.7 Å². The average molecular weight is 596 g/mol. The highest BCUT2D eigenvalue weighted by molar-refractivity contribution is 7.98. The lowest BCUT2D eigenvalue weighted by atomic mass is 9.83. The molecule has 40 heavy (non-hydrogen) atoms. The van der Waals surface area contributed by atoms with Crippen LogP contribution in [0.4, 0.5) is 5.69 Å². The van der Waals surface area contributed by atoms with Crippen molar-refractivity contribution in [1.82, 2.24) is 15.5 Å². The van der Waals surface area contributed by atoms with Gasteiger partial charge in [0.15, 0.2) is 11.3 Å². The first kappa shape index (κ1) is 32.4. The van der Waals surface area contributed by atoms with E-state index in [2.05, 4.69) is 28.2 Å². The summed E-state index contributed by atoms with van der Waals surface area (Å²) >= 11 is 5.62. The Kier molecular flexibility index (Phi) is 12.3. The maximum absolute atomic E-state index is 14.5. The molecule has 0 saturated carbocycles. The maximum atomic E-state index is 14.5. The normalized spacial score (nSPS) is 22.0. The van der Waals surface area contributed by atoms with E-state index in [-0.39, 0.29) is 24.5 Å². The van der Waals surface area contributed by atoms with Gasteiger partial charge in [0.05, 0.1) is 25.3 Å². The van der Waals surface area contributed by atoms with Crippen LogP contribution in [-0.2, 0) is 35.1 Å². The number of ketones is 1. The Balaban J connectivity index is 2.02. The number of hydrogen-bond acceptors (Lipinski definition) is 11. The van der Waals surface area contributed by atoms with Gasteiger partial charge in [0.1, 0.15) is 12.6 Å². The minimum absolute atomic E-state index is 0.0702. The van der Waals surface area contributed by atoms with Gasteiger partial charge < -0.3 is 30.7 Å². The van der Waals surface area contributed by atoms with Crippen LogP contribution in [0.2, 0.25) is 0 Å². The summed E-state index contributed by atoms with van der Waals surface area (Å²) < 4.78 is 11.0. The van der Waals surface area contributed by atoms with Crippen molar-refractivity contribution in [2.45, 2.75) is 43.4 Å². The van der Waals surface area contributed by atoms with Crippen LogP contribution in [0.1, 0.15) is 18.9 Å². The Morgan fingerprint density at radius 1 is 1.25 bits per heavy atom. The number of benzene rings is 1. The Hall–Kier alpha value is -2.16. The zero-order chi connectivity index (χ0) is 29.3. The molecular weight excluding hydrogens is 554 g/mol. The lowest BCUT2D eigenvalue weighted by Gasteiger charge is -2.41. The molecule has 0 bridgehead atoms. The molecule has 2 amide bonds. The van der Waals surface area contributed by atoms with Crippen LogP contribution >= 0.6 is 24.4 Å². The van der Waals surface area contributed by atoms with Gasteiger partial charge in [-0.05, 0) is 37.8 Å². The van der Waals surface area contributed by atoms with Crippen molar-refractivity contribution >= 4 is 53.6 Å². The fraction of sp³-hybridized carbons (Fsp3) is 0.630. The summed E-state index contributed by atoms with van der Waals surface area (Å²) in [6.45, 7) is 4.70. The molecule has 222 valence electrons. The first-order valence-corrected chi connectivity index (χ1v) is 15.5. The number of fused-ring (bicyclic) bond motifs is 1. The molecule has 0 aliphatic carbocycles. The molecule has 1 aromatic rings. The van der Waals surface area contributed by atoms with Crippen LogP contribution in [-0.4, -0.2) is 116 Å². The van der Waals surface area contributed by atoms with Crippen molar-refractivity contribution in [2.75, 3.05) is 69.2 Å². The molecule has 0 spiro atoms. The summed E-state index contributed by atoms with van der Waals surface area (Å²) in [5, 5.41) is 5.72. The Labute approximate surface area is 245 Å². The second-order valence-electron chi connectivity index (χ2n) is 9.93. The molecule has 1 saturated heterocycles. The standard InChI is InChI=1S/C27H41N5O6S2/c1-18(33)30-23(25(35)38-15-12-31-10-13-37-14-11-31)22(17-40-3)32-21-7-5-4-6-19(21)8-9-27(29-2,26(32)36)24(34)20(28)16-39/h4-7,20,22-23,29,39H,8-17,28H2,1-3H3,(H,30,33)/t20?,22?,23-,27-/m0/s1. The molecule has 1 aromatic carbocycles. The highest BCUT2D eigenvalue weighted by atomic mass is 32.2. The van der Waals surface area contributed by atoms with Crippen LogP contribution in [0.5, 0.6) is 0 Å². The Morgan fingerprint density at radius 3 is 2.58 bits per heavy atom. The number of carbonyl (C=O) groups excluding carboxylic acids is 4. The predicted molar refractivity (Wildman–Crippen MR) is 159 cm³/mol.